The second kappa shape index (κ2) is 7.02. The number of likely N-dealkylation sites (tertiary alicyclic amines) is 1. The summed E-state index contributed by atoms with van der Waals surface area (Å²) in [5, 5.41) is 1.94. The number of fused-ring (bicyclic) bond motifs is 2. The highest BCUT2D eigenvalue weighted by molar-refractivity contribution is 6.25. The quantitative estimate of drug-likeness (QED) is 0.521. The Morgan fingerprint density at radius 1 is 1.11 bits per heavy atom. The topological polar surface area (TPSA) is 42.4 Å². The van der Waals surface area contributed by atoms with E-state index in [1.54, 1.807) is 0 Å². The van der Waals surface area contributed by atoms with E-state index in [2.05, 4.69) is 16.8 Å². The summed E-state index contributed by atoms with van der Waals surface area (Å²) in [6.45, 7) is 5.01. The number of aromatic nitrogens is 1. The molecule has 0 bridgehead atoms. The van der Waals surface area contributed by atoms with Crippen LogP contribution in [0.15, 0.2) is 48.7 Å². The lowest BCUT2D eigenvalue weighted by molar-refractivity contribution is 0.103. The Morgan fingerprint density at radius 3 is 2.82 bits per heavy atom. The molecule has 2 heterocycles. The van der Waals surface area contributed by atoms with Crippen molar-refractivity contribution >= 4 is 16.6 Å². The maximum Gasteiger partial charge on any atom is 0.194 e. The summed E-state index contributed by atoms with van der Waals surface area (Å²) in [7, 11) is 0. The zero-order valence-corrected chi connectivity index (χ0v) is 16.1. The van der Waals surface area contributed by atoms with Crippen LogP contribution in [-0.2, 0) is 0 Å². The third-order valence-corrected chi connectivity index (χ3v) is 6.10. The zero-order valence-electron chi connectivity index (χ0n) is 16.1. The summed E-state index contributed by atoms with van der Waals surface area (Å²) in [6, 6.07) is 14.2. The molecule has 142 valence electrons. The first-order valence-corrected chi connectivity index (χ1v) is 10.2. The van der Waals surface area contributed by atoms with Crippen molar-refractivity contribution in [2.24, 2.45) is 0 Å². The molecule has 4 heteroatoms. The highest BCUT2D eigenvalue weighted by Crippen LogP contribution is 2.39. The number of pyridine rings is 1. The predicted octanol–water partition coefficient (Wildman–Crippen LogP) is 4.70. The molecule has 4 nitrogen and oxygen atoms in total. The summed E-state index contributed by atoms with van der Waals surface area (Å²) < 4.78 is 6.09. The molecule has 1 unspecified atom stereocenters. The van der Waals surface area contributed by atoms with E-state index in [9.17, 15) is 4.79 Å². The third kappa shape index (κ3) is 2.89. The van der Waals surface area contributed by atoms with Crippen LogP contribution < -0.4 is 4.74 Å². The average molecular weight is 372 g/mol. The normalized spacial score (nSPS) is 18.9. The van der Waals surface area contributed by atoms with Crippen LogP contribution in [0.5, 0.6) is 5.75 Å². The standard InChI is InChI=1S/C24H24N2O2/c1-16-6-4-5-11-26(16)12-13-28-18-14-17-9-10-25-23-19-7-2-3-8-20(19)24(27)21(15-18)22(17)23/h2-3,7-10,14-16H,4-6,11-13H2,1H3. The van der Waals surface area contributed by atoms with Gasteiger partial charge in [0.1, 0.15) is 12.4 Å². The number of hydrogen-bond donors (Lipinski definition) is 0. The van der Waals surface area contributed by atoms with Crippen molar-refractivity contribution in [3.05, 3.63) is 59.8 Å². The van der Waals surface area contributed by atoms with Crippen LogP contribution in [0.4, 0.5) is 0 Å². The fourth-order valence-electron chi connectivity index (χ4n) is 4.56. The predicted molar refractivity (Wildman–Crippen MR) is 111 cm³/mol. The van der Waals surface area contributed by atoms with E-state index < -0.39 is 0 Å². The zero-order chi connectivity index (χ0) is 19.1. The van der Waals surface area contributed by atoms with Crippen molar-refractivity contribution in [3.63, 3.8) is 0 Å². The molecular weight excluding hydrogens is 348 g/mol. The van der Waals surface area contributed by atoms with Gasteiger partial charge in [-0.15, -0.1) is 0 Å². The fraction of sp³-hybridized carbons (Fsp3) is 0.333. The van der Waals surface area contributed by atoms with Crippen LogP contribution in [0, 0.1) is 0 Å². The van der Waals surface area contributed by atoms with Gasteiger partial charge in [-0.25, -0.2) is 0 Å². The van der Waals surface area contributed by atoms with Gasteiger partial charge >= 0.3 is 0 Å². The van der Waals surface area contributed by atoms with E-state index >= 15 is 0 Å². The lowest BCUT2D eigenvalue weighted by Gasteiger charge is -2.33. The number of rotatable bonds is 4. The molecule has 0 saturated carbocycles. The lowest BCUT2D eigenvalue weighted by Crippen LogP contribution is -2.39. The average Bonchev–Trinajstić information content (AvgIpc) is 2.73. The molecule has 0 N–H and O–H groups in total. The second-order valence-electron chi connectivity index (χ2n) is 7.83. The van der Waals surface area contributed by atoms with Gasteiger partial charge in [-0.3, -0.25) is 14.7 Å². The Kier molecular flexibility index (Phi) is 4.36. The monoisotopic (exact) mass is 372 g/mol. The van der Waals surface area contributed by atoms with Crippen molar-refractivity contribution in [2.75, 3.05) is 19.7 Å². The first-order valence-electron chi connectivity index (χ1n) is 10.2. The number of benzene rings is 2. The van der Waals surface area contributed by atoms with Crippen LogP contribution in [0.25, 0.3) is 22.0 Å². The third-order valence-electron chi connectivity index (χ3n) is 6.10. The minimum atomic E-state index is 0.0520. The minimum absolute atomic E-state index is 0.0520. The number of hydrogen-bond acceptors (Lipinski definition) is 4. The van der Waals surface area contributed by atoms with Gasteiger partial charge in [0.25, 0.3) is 0 Å². The van der Waals surface area contributed by atoms with Gasteiger partial charge in [0, 0.05) is 40.9 Å². The van der Waals surface area contributed by atoms with Crippen molar-refractivity contribution < 1.29 is 9.53 Å². The Hall–Kier alpha value is -2.72. The molecule has 28 heavy (non-hydrogen) atoms. The number of carbonyl (C=O) groups excluding carboxylic acids is 1. The van der Waals surface area contributed by atoms with Crippen molar-refractivity contribution in [2.45, 2.75) is 32.2 Å². The number of nitrogens with zero attached hydrogens (tertiary/aromatic N) is 2. The van der Waals surface area contributed by atoms with Crippen LogP contribution >= 0.6 is 0 Å². The molecule has 2 aliphatic rings. The first-order chi connectivity index (χ1) is 13.7. The van der Waals surface area contributed by atoms with Gasteiger partial charge in [-0.1, -0.05) is 30.7 Å². The van der Waals surface area contributed by atoms with Crippen molar-refractivity contribution in [3.8, 4) is 17.0 Å². The molecule has 0 radical (unpaired) electrons. The number of carbonyl (C=O) groups is 1. The maximum absolute atomic E-state index is 13.1. The number of ketones is 1. The first kappa shape index (κ1) is 17.4. The molecule has 1 aliphatic carbocycles. The Morgan fingerprint density at radius 2 is 1.96 bits per heavy atom. The summed E-state index contributed by atoms with van der Waals surface area (Å²) in [6.07, 6.45) is 5.68. The summed E-state index contributed by atoms with van der Waals surface area (Å²) in [5.41, 5.74) is 3.21. The van der Waals surface area contributed by atoms with E-state index in [0.29, 0.717) is 23.8 Å². The number of ether oxygens (including phenoxy) is 1. The smallest absolute Gasteiger partial charge is 0.194 e. The van der Waals surface area contributed by atoms with E-state index in [1.165, 1.54) is 19.3 Å². The van der Waals surface area contributed by atoms with Gasteiger partial charge < -0.3 is 4.74 Å². The molecule has 1 saturated heterocycles. The highest BCUT2D eigenvalue weighted by atomic mass is 16.5. The lowest BCUT2D eigenvalue weighted by atomic mass is 9.85. The molecular formula is C24H24N2O2. The molecule has 1 aromatic heterocycles. The molecule has 0 spiro atoms. The molecule has 1 atom stereocenters. The van der Waals surface area contributed by atoms with Gasteiger partial charge in [0.05, 0.1) is 5.69 Å². The Bertz CT molecular complexity index is 1060. The largest absolute Gasteiger partial charge is 0.492 e. The van der Waals surface area contributed by atoms with E-state index in [1.807, 2.05) is 48.7 Å². The molecule has 5 rings (SSSR count). The van der Waals surface area contributed by atoms with Gasteiger partial charge in [0.15, 0.2) is 5.78 Å². The van der Waals surface area contributed by atoms with Gasteiger partial charge in [-0.2, -0.15) is 0 Å². The number of piperidine rings is 1. The molecule has 3 aromatic rings. The summed E-state index contributed by atoms with van der Waals surface area (Å²) in [5.74, 6) is 0.813. The summed E-state index contributed by atoms with van der Waals surface area (Å²) in [4.78, 5) is 20.2. The van der Waals surface area contributed by atoms with Crippen molar-refractivity contribution in [1.29, 1.82) is 0 Å². The second-order valence-corrected chi connectivity index (χ2v) is 7.83. The van der Waals surface area contributed by atoms with Crippen LogP contribution in [0.3, 0.4) is 0 Å². The SMILES string of the molecule is CC1CCCCN1CCOc1cc2c3c(nccc3c1)-c1ccccc1C2=O. The Balaban J connectivity index is 1.46. The summed E-state index contributed by atoms with van der Waals surface area (Å²) >= 11 is 0. The minimum Gasteiger partial charge on any atom is -0.492 e. The Labute approximate surface area is 165 Å². The van der Waals surface area contributed by atoms with E-state index in [4.69, 9.17) is 4.74 Å². The maximum atomic E-state index is 13.1. The van der Waals surface area contributed by atoms with Crippen LogP contribution in [0.1, 0.15) is 42.1 Å². The molecule has 1 fully saturated rings. The van der Waals surface area contributed by atoms with Crippen molar-refractivity contribution in [1.82, 2.24) is 9.88 Å². The molecule has 1 aliphatic heterocycles. The van der Waals surface area contributed by atoms with Crippen LogP contribution in [0.2, 0.25) is 0 Å². The van der Waals surface area contributed by atoms with Crippen LogP contribution in [-0.4, -0.2) is 41.4 Å². The highest BCUT2D eigenvalue weighted by Gasteiger charge is 2.26. The molecule has 2 aromatic carbocycles. The van der Waals surface area contributed by atoms with E-state index in [0.717, 1.165) is 40.9 Å². The fourth-order valence-corrected chi connectivity index (χ4v) is 4.56. The van der Waals surface area contributed by atoms with E-state index in [-0.39, 0.29) is 5.78 Å². The van der Waals surface area contributed by atoms with Gasteiger partial charge in [0.2, 0.25) is 0 Å². The van der Waals surface area contributed by atoms with Gasteiger partial charge in [-0.05, 0) is 49.9 Å². The molecule has 0 amide bonds.